The molecule has 2 atom stereocenters. The summed E-state index contributed by atoms with van der Waals surface area (Å²) < 4.78 is 7.28. The number of rotatable bonds is 5. The molecule has 1 aromatic heterocycles. The molecule has 1 fully saturated rings. The van der Waals surface area contributed by atoms with Crippen LogP contribution in [0.2, 0.25) is 0 Å². The van der Waals surface area contributed by atoms with Crippen molar-refractivity contribution in [2.45, 2.75) is 52.0 Å². The van der Waals surface area contributed by atoms with Crippen molar-refractivity contribution in [3.8, 4) is 5.75 Å². The van der Waals surface area contributed by atoms with Crippen LogP contribution in [0.1, 0.15) is 43.5 Å². The van der Waals surface area contributed by atoms with Gasteiger partial charge < -0.3 is 15.2 Å². The average molecular weight is 323 g/mol. The Morgan fingerprint density at radius 3 is 2.61 bits per heavy atom. The largest absolute Gasteiger partial charge is 0.481 e. The van der Waals surface area contributed by atoms with Crippen molar-refractivity contribution in [3.63, 3.8) is 0 Å². The molecular weight excluding hydrogens is 298 g/mol. The van der Waals surface area contributed by atoms with Crippen LogP contribution in [-0.4, -0.2) is 39.4 Å². The Morgan fingerprint density at radius 1 is 1.30 bits per heavy atom. The lowest BCUT2D eigenvalue weighted by molar-refractivity contribution is -0.143. The summed E-state index contributed by atoms with van der Waals surface area (Å²) in [5.74, 6) is -1.02. The molecule has 0 unspecified atom stereocenters. The van der Waals surface area contributed by atoms with E-state index in [2.05, 4.69) is 10.4 Å². The van der Waals surface area contributed by atoms with Crippen LogP contribution in [0.25, 0.3) is 0 Å². The topological polar surface area (TPSA) is 93.5 Å². The molecule has 1 aliphatic rings. The van der Waals surface area contributed by atoms with Crippen LogP contribution in [0, 0.1) is 19.8 Å². The second-order valence-electron chi connectivity index (χ2n) is 6.17. The van der Waals surface area contributed by atoms with E-state index < -0.39 is 11.9 Å². The number of ether oxygens (including phenoxy) is 1. The van der Waals surface area contributed by atoms with Crippen molar-refractivity contribution < 1.29 is 19.4 Å². The van der Waals surface area contributed by atoms with Gasteiger partial charge in [0.1, 0.15) is 5.69 Å². The molecule has 0 radical (unpaired) electrons. The molecular formula is C16H25N3O4. The van der Waals surface area contributed by atoms with Crippen molar-refractivity contribution in [1.29, 1.82) is 0 Å². The van der Waals surface area contributed by atoms with E-state index in [1.807, 2.05) is 20.9 Å². The fraction of sp³-hybridized carbons (Fsp3) is 0.688. The normalized spacial score (nSPS) is 21.5. The van der Waals surface area contributed by atoms with Gasteiger partial charge in [-0.1, -0.05) is 19.3 Å². The summed E-state index contributed by atoms with van der Waals surface area (Å²) in [6, 6.07) is -0.317. The number of hydrogen-bond donors (Lipinski definition) is 2. The molecule has 1 saturated carbocycles. The number of nitrogens with one attached hydrogen (secondary N) is 1. The molecule has 1 amide bonds. The molecule has 2 rings (SSSR count). The first-order chi connectivity index (χ1) is 10.9. The molecule has 23 heavy (non-hydrogen) atoms. The van der Waals surface area contributed by atoms with Gasteiger partial charge in [-0.05, 0) is 26.7 Å². The number of amides is 1. The lowest BCUT2D eigenvalue weighted by Gasteiger charge is -2.22. The van der Waals surface area contributed by atoms with Gasteiger partial charge >= 0.3 is 5.97 Å². The summed E-state index contributed by atoms with van der Waals surface area (Å²) in [6.07, 6.45) is 4.17. The number of carbonyl (C=O) groups excluding carboxylic acids is 1. The molecule has 7 heteroatoms. The van der Waals surface area contributed by atoms with E-state index in [0.29, 0.717) is 18.6 Å². The molecule has 0 spiro atoms. The molecule has 1 heterocycles. The number of aryl methyl sites for hydroxylation is 2. The molecule has 1 aliphatic carbocycles. The maximum absolute atomic E-state index is 12.1. The Morgan fingerprint density at radius 2 is 2.00 bits per heavy atom. The summed E-state index contributed by atoms with van der Waals surface area (Å²) in [6.45, 7) is 3.57. The first-order valence-electron chi connectivity index (χ1n) is 8.05. The maximum atomic E-state index is 12.1. The third kappa shape index (κ3) is 4.24. The Balaban J connectivity index is 1.93. The molecule has 0 bridgehead atoms. The predicted molar refractivity (Wildman–Crippen MR) is 84.3 cm³/mol. The van der Waals surface area contributed by atoms with E-state index in [-0.39, 0.29) is 18.6 Å². The predicted octanol–water partition coefficient (Wildman–Crippen LogP) is 1.57. The minimum absolute atomic E-state index is 0.129. The minimum atomic E-state index is -0.836. The number of aliphatic carboxylic acids is 1. The van der Waals surface area contributed by atoms with Gasteiger partial charge in [-0.25, -0.2) is 0 Å². The van der Waals surface area contributed by atoms with Crippen LogP contribution in [0.3, 0.4) is 0 Å². The smallest absolute Gasteiger partial charge is 0.308 e. The minimum Gasteiger partial charge on any atom is -0.481 e. The van der Waals surface area contributed by atoms with E-state index in [0.717, 1.165) is 30.7 Å². The summed E-state index contributed by atoms with van der Waals surface area (Å²) in [5, 5.41) is 16.4. The van der Waals surface area contributed by atoms with Crippen molar-refractivity contribution >= 4 is 11.9 Å². The highest BCUT2D eigenvalue weighted by Crippen LogP contribution is 2.24. The quantitative estimate of drug-likeness (QED) is 0.802. The Hall–Kier alpha value is -2.05. The van der Waals surface area contributed by atoms with Crippen molar-refractivity contribution in [3.05, 3.63) is 11.4 Å². The van der Waals surface area contributed by atoms with Crippen molar-refractivity contribution in [2.24, 2.45) is 13.0 Å². The lowest BCUT2D eigenvalue weighted by Crippen LogP contribution is -2.44. The number of aromatic nitrogens is 2. The van der Waals surface area contributed by atoms with Crippen molar-refractivity contribution in [2.75, 3.05) is 6.61 Å². The van der Waals surface area contributed by atoms with Crippen LogP contribution in [0.5, 0.6) is 5.75 Å². The first-order valence-corrected chi connectivity index (χ1v) is 8.05. The third-order valence-electron chi connectivity index (χ3n) is 4.47. The summed E-state index contributed by atoms with van der Waals surface area (Å²) in [4.78, 5) is 23.5. The van der Waals surface area contributed by atoms with E-state index in [9.17, 15) is 14.7 Å². The van der Waals surface area contributed by atoms with Gasteiger partial charge in [-0.2, -0.15) is 5.10 Å². The van der Waals surface area contributed by atoms with Gasteiger partial charge in [-0.15, -0.1) is 0 Å². The number of carbonyl (C=O) groups is 2. The zero-order valence-corrected chi connectivity index (χ0v) is 14.0. The van der Waals surface area contributed by atoms with Crippen LogP contribution in [-0.2, 0) is 16.6 Å². The first kappa shape index (κ1) is 17.3. The molecule has 128 valence electrons. The van der Waals surface area contributed by atoms with Gasteiger partial charge in [0.25, 0.3) is 5.91 Å². The zero-order valence-electron chi connectivity index (χ0n) is 14.0. The molecule has 1 aromatic rings. The second kappa shape index (κ2) is 7.48. The number of carboxylic acids is 1. The number of hydrogen-bond acceptors (Lipinski definition) is 4. The van der Waals surface area contributed by atoms with E-state index >= 15 is 0 Å². The summed E-state index contributed by atoms with van der Waals surface area (Å²) >= 11 is 0. The van der Waals surface area contributed by atoms with Crippen LogP contribution in [0.15, 0.2) is 0 Å². The molecule has 7 nitrogen and oxygen atoms in total. The summed E-state index contributed by atoms with van der Waals surface area (Å²) in [7, 11) is 1.82. The van der Waals surface area contributed by atoms with Gasteiger partial charge in [0.2, 0.25) is 0 Å². The fourth-order valence-corrected chi connectivity index (χ4v) is 3.13. The molecule has 0 aliphatic heterocycles. The second-order valence-corrected chi connectivity index (χ2v) is 6.17. The van der Waals surface area contributed by atoms with Gasteiger partial charge in [0.05, 0.1) is 11.6 Å². The van der Waals surface area contributed by atoms with Gasteiger partial charge in [-0.3, -0.25) is 14.3 Å². The fourth-order valence-electron chi connectivity index (χ4n) is 3.13. The SMILES string of the molecule is Cc1nn(C)c(C)c1OCC(=O)N[C@H]1CCCCC[C@H]1C(=O)O. The monoisotopic (exact) mass is 323 g/mol. The summed E-state index contributed by atoms with van der Waals surface area (Å²) in [5.41, 5.74) is 1.59. The van der Waals surface area contributed by atoms with Crippen LogP contribution >= 0.6 is 0 Å². The van der Waals surface area contributed by atoms with E-state index in [1.54, 1.807) is 4.68 Å². The molecule has 2 N–H and O–H groups in total. The third-order valence-corrected chi connectivity index (χ3v) is 4.47. The maximum Gasteiger partial charge on any atom is 0.308 e. The van der Waals surface area contributed by atoms with E-state index in [4.69, 9.17) is 4.74 Å². The van der Waals surface area contributed by atoms with Crippen LogP contribution < -0.4 is 10.1 Å². The zero-order chi connectivity index (χ0) is 17.0. The van der Waals surface area contributed by atoms with Gasteiger partial charge in [0.15, 0.2) is 12.4 Å². The highest BCUT2D eigenvalue weighted by atomic mass is 16.5. The van der Waals surface area contributed by atoms with Gasteiger partial charge in [0, 0.05) is 13.1 Å². The molecule has 0 saturated heterocycles. The average Bonchev–Trinajstić information content (AvgIpc) is 2.67. The Bertz CT molecular complexity index is 582. The van der Waals surface area contributed by atoms with E-state index in [1.165, 1.54) is 0 Å². The number of carboxylic acid groups (broad SMARTS) is 1. The standard InChI is InChI=1S/C16H25N3O4/c1-10-15(11(2)19(3)18-10)23-9-14(20)17-13-8-6-4-5-7-12(13)16(21)22/h12-13H,4-9H2,1-3H3,(H,17,20)(H,21,22)/t12-,13+/m1/s1. The molecule has 0 aromatic carbocycles. The van der Waals surface area contributed by atoms with Crippen molar-refractivity contribution in [1.82, 2.24) is 15.1 Å². The number of nitrogens with zero attached hydrogens (tertiary/aromatic N) is 2. The highest BCUT2D eigenvalue weighted by Gasteiger charge is 2.30. The lowest BCUT2D eigenvalue weighted by atomic mass is 9.95. The Labute approximate surface area is 136 Å². The Kier molecular flexibility index (Phi) is 5.63. The van der Waals surface area contributed by atoms with Crippen LogP contribution in [0.4, 0.5) is 0 Å². The highest BCUT2D eigenvalue weighted by molar-refractivity contribution is 5.79.